The standard InChI is InChI=1S/C16H24N2O2.ClH/c1-16(9-3-2-4-14(16)19)11-18-15(20)13-7-5-12(10-17)6-8-13;/h5-8,14,19H,2-4,9-11,17H2,1H3,(H,18,20);1H. The molecular formula is C16H25ClN2O2. The van der Waals surface area contributed by atoms with Crippen molar-refractivity contribution in [2.45, 2.75) is 45.3 Å². The number of rotatable bonds is 4. The summed E-state index contributed by atoms with van der Waals surface area (Å²) >= 11 is 0. The van der Waals surface area contributed by atoms with E-state index < -0.39 is 0 Å². The number of carbonyl (C=O) groups is 1. The van der Waals surface area contributed by atoms with Crippen LogP contribution in [0.4, 0.5) is 0 Å². The molecule has 0 saturated heterocycles. The average Bonchev–Trinajstić information content (AvgIpc) is 2.48. The molecule has 4 N–H and O–H groups in total. The molecule has 2 unspecified atom stereocenters. The van der Waals surface area contributed by atoms with Gasteiger partial charge in [0.05, 0.1) is 6.10 Å². The molecule has 1 amide bonds. The summed E-state index contributed by atoms with van der Waals surface area (Å²) in [4.78, 5) is 12.1. The van der Waals surface area contributed by atoms with Crippen LogP contribution in [-0.4, -0.2) is 23.7 Å². The minimum Gasteiger partial charge on any atom is -0.392 e. The fraction of sp³-hybridized carbons (Fsp3) is 0.562. The van der Waals surface area contributed by atoms with Crippen molar-refractivity contribution >= 4 is 18.3 Å². The Bertz CT molecular complexity index is 464. The van der Waals surface area contributed by atoms with E-state index in [1.165, 1.54) is 0 Å². The van der Waals surface area contributed by atoms with E-state index in [0.29, 0.717) is 18.7 Å². The molecule has 0 spiro atoms. The van der Waals surface area contributed by atoms with Gasteiger partial charge in [0.25, 0.3) is 5.91 Å². The van der Waals surface area contributed by atoms with Gasteiger partial charge in [0, 0.05) is 24.1 Å². The molecule has 1 aliphatic rings. The molecular weight excluding hydrogens is 288 g/mol. The van der Waals surface area contributed by atoms with Gasteiger partial charge in [-0.3, -0.25) is 4.79 Å². The van der Waals surface area contributed by atoms with Crippen LogP contribution >= 0.6 is 12.4 Å². The highest BCUT2D eigenvalue weighted by Gasteiger charge is 2.35. The fourth-order valence-electron chi connectivity index (χ4n) is 2.76. The summed E-state index contributed by atoms with van der Waals surface area (Å²) in [6.45, 7) is 3.05. The van der Waals surface area contributed by atoms with Crippen LogP contribution in [0.25, 0.3) is 0 Å². The van der Waals surface area contributed by atoms with Gasteiger partial charge in [-0.25, -0.2) is 0 Å². The van der Waals surface area contributed by atoms with Crippen molar-refractivity contribution in [1.29, 1.82) is 0 Å². The van der Waals surface area contributed by atoms with Crippen molar-refractivity contribution in [3.8, 4) is 0 Å². The molecule has 0 bridgehead atoms. The first-order chi connectivity index (χ1) is 9.55. The van der Waals surface area contributed by atoms with Gasteiger partial charge in [0.2, 0.25) is 0 Å². The molecule has 0 heterocycles. The molecule has 5 heteroatoms. The number of nitrogens with one attached hydrogen (secondary N) is 1. The van der Waals surface area contributed by atoms with E-state index in [1.54, 1.807) is 12.1 Å². The summed E-state index contributed by atoms with van der Waals surface area (Å²) in [5, 5.41) is 13.1. The van der Waals surface area contributed by atoms with Crippen molar-refractivity contribution in [2.24, 2.45) is 11.1 Å². The number of hydrogen-bond donors (Lipinski definition) is 3. The van der Waals surface area contributed by atoms with Gasteiger partial charge in [-0.1, -0.05) is 31.9 Å². The summed E-state index contributed by atoms with van der Waals surface area (Å²) in [6, 6.07) is 7.31. The second-order valence-electron chi connectivity index (χ2n) is 6.00. The van der Waals surface area contributed by atoms with E-state index in [0.717, 1.165) is 31.2 Å². The largest absolute Gasteiger partial charge is 0.392 e. The second-order valence-corrected chi connectivity index (χ2v) is 6.00. The lowest BCUT2D eigenvalue weighted by Crippen LogP contribution is -2.45. The van der Waals surface area contributed by atoms with Crippen molar-refractivity contribution in [3.05, 3.63) is 35.4 Å². The van der Waals surface area contributed by atoms with E-state index >= 15 is 0 Å². The first-order valence-electron chi connectivity index (χ1n) is 7.30. The Labute approximate surface area is 132 Å². The average molecular weight is 313 g/mol. The number of amides is 1. The van der Waals surface area contributed by atoms with Gasteiger partial charge in [0.1, 0.15) is 0 Å². The van der Waals surface area contributed by atoms with Crippen LogP contribution in [0.2, 0.25) is 0 Å². The van der Waals surface area contributed by atoms with Crippen LogP contribution in [0.5, 0.6) is 0 Å². The van der Waals surface area contributed by atoms with Crippen LogP contribution in [-0.2, 0) is 6.54 Å². The zero-order valence-electron chi connectivity index (χ0n) is 12.5. The zero-order valence-corrected chi connectivity index (χ0v) is 13.3. The Morgan fingerprint density at radius 1 is 1.38 bits per heavy atom. The highest BCUT2D eigenvalue weighted by molar-refractivity contribution is 5.94. The van der Waals surface area contributed by atoms with E-state index in [-0.39, 0.29) is 29.8 Å². The Morgan fingerprint density at radius 2 is 2.05 bits per heavy atom. The van der Waals surface area contributed by atoms with E-state index in [4.69, 9.17) is 5.73 Å². The molecule has 1 aromatic rings. The Hall–Kier alpha value is -1.10. The summed E-state index contributed by atoms with van der Waals surface area (Å²) < 4.78 is 0. The van der Waals surface area contributed by atoms with Crippen molar-refractivity contribution in [3.63, 3.8) is 0 Å². The lowest BCUT2D eigenvalue weighted by molar-refractivity contribution is 0.00190. The quantitative estimate of drug-likeness (QED) is 0.798. The third-order valence-corrected chi connectivity index (χ3v) is 4.38. The van der Waals surface area contributed by atoms with Crippen molar-refractivity contribution in [1.82, 2.24) is 5.32 Å². The number of hydrogen-bond acceptors (Lipinski definition) is 3. The van der Waals surface area contributed by atoms with Gasteiger partial charge in [-0.05, 0) is 30.5 Å². The topological polar surface area (TPSA) is 75.4 Å². The first kappa shape index (κ1) is 18.0. The third kappa shape index (κ3) is 4.43. The van der Waals surface area contributed by atoms with Gasteiger partial charge >= 0.3 is 0 Å². The summed E-state index contributed by atoms with van der Waals surface area (Å²) in [5.41, 5.74) is 6.98. The monoisotopic (exact) mass is 312 g/mol. The van der Waals surface area contributed by atoms with Gasteiger partial charge < -0.3 is 16.2 Å². The molecule has 0 radical (unpaired) electrons. The third-order valence-electron chi connectivity index (χ3n) is 4.38. The molecule has 4 nitrogen and oxygen atoms in total. The van der Waals surface area contributed by atoms with Crippen LogP contribution in [0, 0.1) is 5.41 Å². The van der Waals surface area contributed by atoms with Crippen molar-refractivity contribution < 1.29 is 9.90 Å². The molecule has 1 saturated carbocycles. The summed E-state index contributed by atoms with van der Waals surface area (Å²) in [7, 11) is 0. The second kappa shape index (κ2) is 7.78. The van der Waals surface area contributed by atoms with Crippen molar-refractivity contribution in [2.75, 3.05) is 6.54 Å². The predicted octanol–water partition coefficient (Wildman–Crippen LogP) is 2.24. The number of aliphatic hydroxyl groups excluding tert-OH is 1. The molecule has 1 fully saturated rings. The first-order valence-corrected chi connectivity index (χ1v) is 7.30. The SMILES string of the molecule is CC1(CNC(=O)c2ccc(CN)cc2)CCCCC1O.Cl. The molecule has 0 aliphatic heterocycles. The Balaban J connectivity index is 0.00000220. The molecule has 2 rings (SSSR count). The van der Waals surface area contributed by atoms with E-state index in [9.17, 15) is 9.90 Å². The maximum absolute atomic E-state index is 12.1. The molecule has 2 atom stereocenters. The lowest BCUT2D eigenvalue weighted by atomic mass is 9.73. The normalized spacial score (nSPS) is 25.0. The van der Waals surface area contributed by atoms with Gasteiger partial charge in [-0.15, -0.1) is 12.4 Å². The highest BCUT2D eigenvalue weighted by atomic mass is 35.5. The molecule has 1 aliphatic carbocycles. The Morgan fingerprint density at radius 3 is 2.62 bits per heavy atom. The van der Waals surface area contributed by atoms with E-state index in [1.807, 2.05) is 12.1 Å². The molecule has 0 aromatic heterocycles. The number of benzene rings is 1. The van der Waals surface area contributed by atoms with Crippen LogP contribution in [0.3, 0.4) is 0 Å². The number of halogens is 1. The number of carbonyl (C=O) groups excluding carboxylic acids is 1. The van der Waals surface area contributed by atoms with Gasteiger partial charge in [-0.2, -0.15) is 0 Å². The van der Waals surface area contributed by atoms with E-state index in [2.05, 4.69) is 12.2 Å². The number of aliphatic hydroxyl groups is 1. The zero-order chi connectivity index (χ0) is 14.6. The van der Waals surface area contributed by atoms with Crippen LogP contribution in [0.1, 0.15) is 48.5 Å². The predicted molar refractivity (Wildman–Crippen MR) is 86.5 cm³/mol. The maximum Gasteiger partial charge on any atom is 0.251 e. The minimum absolute atomic E-state index is 0. The smallest absolute Gasteiger partial charge is 0.251 e. The Kier molecular flexibility index (Phi) is 6.65. The summed E-state index contributed by atoms with van der Waals surface area (Å²) in [6.07, 6.45) is 3.66. The van der Waals surface area contributed by atoms with Gasteiger partial charge in [0.15, 0.2) is 0 Å². The molecule has 1 aromatic carbocycles. The fourth-order valence-corrected chi connectivity index (χ4v) is 2.76. The highest BCUT2D eigenvalue weighted by Crippen LogP contribution is 2.35. The van der Waals surface area contributed by atoms with Crippen LogP contribution in [0.15, 0.2) is 24.3 Å². The maximum atomic E-state index is 12.1. The minimum atomic E-state index is -0.323. The van der Waals surface area contributed by atoms with Crippen LogP contribution < -0.4 is 11.1 Å². The molecule has 21 heavy (non-hydrogen) atoms. The summed E-state index contributed by atoms with van der Waals surface area (Å²) in [5.74, 6) is -0.0902. The number of nitrogens with two attached hydrogens (primary N) is 1. The molecule has 118 valence electrons. The lowest BCUT2D eigenvalue weighted by Gasteiger charge is -2.38.